The molecule has 3 heterocycles. The Morgan fingerprint density at radius 3 is 2.90 bits per heavy atom. The summed E-state index contributed by atoms with van der Waals surface area (Å²) in [6.07, 6.45) is 4.15. The molecule has 6 heteroatoms. The fraction of sp³-hybridized carbons (Fsp3) is 0.467. The van der Waals surface area contributed by atoms with Gasteiger partial charge in [0.1, 0.15) is 17.7 Å². The van der Waals surface area contributed by atoms with E-state index in [0.717, 1.165) is 23.6 Å². The summed E-state index contributed by atoms with van der Waals surface area (Å²) in [6, 6.07) is 1.76. The first-order chi connectivity index (χ1) is 10.1. The first-order valence-electron chi connectivity index (χ1n) is 7.03. The number of nitrogens with zero attached hydrogens (tertiary/aromatic N) is 2. The Kier molecular flexibility index (Phi) is 3.55. The van der Waals surface area contributed by atoms with Crippen LogP contribution in [-0.2, 0) is 11.8 Å². The zero-order valence-electron chi connectivity index (χ0n) is 12.4. The number of carbonyl (C=O) groups is 1. The average molecular weight is 289 g/mol. The lowest BCUT2D eigenvalue weighted by Crippen LogP contribution is -2.37. The number of furan rings is 1. The molecule has 1 saturated heterocycles. The summed E-state index contributed by atoms with van der Waals surface area (Å²) in [5, 5.41) is 3.00. The van der Waals surface area contributed by atoms with Gasteiger partial charge in [-0.1, -0.05) is 0 Å². The zero-order valence-corrected chi connectivity index (χ0v) is 12.4. The second-order valence-corrected chi connectivity index (χ2v) is 5.43. The van der Waals surface area contributed by atoms with Crippen LogP contribution in [0.3, 0.4) is 0 Å². The van der Waals surface area contributed by atoms with Gasteiger partial charge in [0.25, 0.3) is 5.91 Å². The number of hydrogen-bond donors (Lipinski definition) is 1. The molecule has 0 aliphatic carbocycles. The largest absolute Gasteiger partial charge is 0.456 e. The van der Waals surface area contributed by atoms with E-state index in [0.29, 0.717) is 12.4 Å². The molecule has 6 nitrogen and oxygen atoms in total. The minimum atomic E-state index is -0.217. The topological polar surface area (TPSA) is 69.3 Å². The smallest absolute Gasteiger partial charge is 0.287 e. The SMILES string of the molecule is Cc1cc(C)c(C(=O)N[C@H]2CCO[C@@H]2c2nccn2C)o1. The number of aromatic nitrogens is 2. The molecule has 0 saturated carbocycles. The van der Waals surface area contributed by atoms with Crippen LogP contribution in [0.25, 0.3) is 0 Å². The van der Waals surface area contributed by atoms with E-state index in [-0.39, 0.29) is 18.1 Å². The Hall–Kier alpha value is -2.08. The molecule has 112 valence electrons. The number of rotatable bonds is 3. The van der Waals surface area contributed by atoms with Gasteiger partial charge in [-0.05, 0) is 26.3 Å². The average Bonchev–Trinajstić information content (AvgIpc) is 3.10. The van der Waals surface area contributed by atoms with Crippen LogP contribution in [0.5, 0.6) is 0 Å². The normalized spacial score (nSPS) is 21.7. The first kappa shape index (κ1) is 13.9. The lowest BCUT2D eigenvalue weighted by molar-refractivity contribution is 0.0761. The Balaban J connectivity index is 1.76. The molecule has 0 bridgehead atoms. The maximum absolute atomic E-state index is 12.3. The molecule has 2 aromatic rings. The van der Waals surface area contributed by atoms with E-state index in [2.05, 4.69) is 10.3 Å². The van der Waals surface area contributed by atoms with Gasteiger partial charge in [0.05, 0.1) is 6.04 Å². The number of nitrogens with one attached hydrogen (secondary N) is 1. The summed E-state index contributed by atoms with van der Waals surface area (Å²) in [5.41, 5.74) is 0.845. The predicted molar refractivity (Wildman–Crippen MR) is 76.0 cm³/mol. The summed E-state index contributed by atoms with van der Waals surface area (Å²) in [4.78, 5) is 16.7. The second-order valence-electron chi connectivity index (χ2n) is 5.43. The Labute approximate surface area is 123 Å². The number of carbonyl (C=O) groups excluding carboxylic acids is 1. The van der Waals surface area contributed by atoms with Crippen LogP contribution < -0.4 is 5.32 Å². The van der Waals surface area contributed by atoms with Gasteiger partial charge in [-0.15, -0.1) is 0 Å². The zero-order chi connectivity index (χ0) is 15.0. The van der Waals surface area contributed by atoms with Crippen molar-refractivity contribution in [2.45, 2.75) is 32.4 Å². The molecular formula is C15H19N3O3. The van der Waals surface area contributed by atoms with Crippen LogP contribution in [0.4, 0.5) is 0 Å². The van der Waals surface area contributed by atoms with Crippen LogP contribution in [0.15, 0.2) is 22.9 Å². The molecule has 1 N–H and O–H groups in total. The van der Waals surface area contributed by atoms with Gasteiger partial charge in [0.2, 0.25) is 0 Å². The Morgan fingerprint density at radius 2 is 2.29 bits per heavy atom. The molecule has 1 fully saturated rings. The summed E-state index contributed by atoms with van der Waals surface area (Å²) < 4.78 is 13.1. The highest BCUT2D eigenvalue weighted by Gasteiger charge is 2.34. The van der Waals surface area contributed by atoms with Crippen LogP contribution in [0.1, 0.15) is 40.2 Å². The number of amides is 1. The second kappa shape index (κ2) is 5.37. The molecular weight excluding hydrogens is 270 g/mol. The molecule has 1 amide bonds. The third kappa shape index (κ3) is 2.58. The van der Waals surface area contributed by atoms with Gasteiger partial charge in [-0.3, -0.25) is 4.79 Å². The van der Waals surface area contributed by atoms with Crippen molar-refractivity contribution >= 4 is 5.91 Å². The Bertz CT molecular complexity index is 659. The third-order valence-electron chi connectivity index (χ3n) is 3.77. The summed E-state index contributed by atoms with van der Waals surface area (Å²) in [5.74, 6) is 1.74. The quantitative estimate of drug-likeness (QED) is 0.937. The molecule has 1 aliphatic rings. The third-order valence-corrected chi connectivity index (χ3v) is 3.77. The van der Waals surface area contributed by atoms with Gasteiger partial charge in [-0.2, -0.15) is 0 Å². The van der Waals surface area contributed by atoms with Crippen molar-refractivity contribution in [2.24, 2.45) is 7.05 Å². The summed E-state index contributed by atoms with van der Waals surface area (Å²) in [7, 11) is 1.92. The molecule has 0 unspecified atom stereocenters. The molecule has 2 atom stereocenters. The monoisotopic (exact) mass is 289 g/mol. The first-order valence-corrected chi connectivity index (χ1v) is 7.03. The van der Waals surface area contributed by atoms with E-state index in [9.17, 15) is 4.79 Å². The van der Waals surface area contributed by atoms with Crippen LogP contribution in [0.2, 0.25) is 0 Å². The minimum Gasteiger partial charge on any atom is -0.456 e. The maximum atomic E-state index is 12.3. The lowest BCUT2D eigenvalue weighted by atomic mass is 10.1. The van der Waals surface area contributed by atoms with Crippen LogP contribution in [-0.4, -0.2) is 28.1 Å². The highest BCUT2D eigenvalue weighted by Crippen LogP contribution is 2.28. The van der Waals surface area contributed by atoms with Crippen molar-refractivity contribution in [2.75, 3.05) is 6.61 Å². The van der Waals surface area contributed by atoms with Crippen molar-refractivity contribution in [1.82, 2.24) is 14.9 Å². The summed E-state index contributed by atoms with van der Waals surface area (Å²) >= 11 is 0. The van der Waals surface area contributed by atoms with Crippen molar-refractivity contribution in [3.8, 4) is 0 Å². The number of ether oxygens (including phenoxy) is 1. The molecule has 2 aromatic heterocycles. The lowest BCUT2D eigenvalue weighted by Gasteiger charge is -2.19. The van der Waals surface area contributed by atoms with E-state index >= 15 is 0 Å². The van der Waals surface area contributed by atoms with Gasteiger partial charge in [-0.25, -0.2) is 4.98 Å². The van der Waals surface area contributed by atoms with E-state index in [4.69, 9.17) is 9.15 Å². The maximum Gasteiger partial charge on any atom is 0.287 e. The van der Waals surface area contributed by atoms with Crippen molar-refractivity contribution in [1.29, 1.82) is 0 Å². The number of aryl methyl sites for hydroxylation is 3. The molecule has 3 rings (SSSR count). The van der Waals surface area contributed by atoms with Crippen molar-refractivity contribution in [3.63, 3.8) is 0 Å². The van der Waals surface area contributed by atoms with Crippen LogP contribution >= 0.6 is 0 Å². The van der Waals surface area contributed by atoms with E-state index in [1.165, 1.54) is 0 Å². The Morgan fingerprint density at radius 1 is 1.48 bits per heavy atom. The van der Waals surface area contributed by atoms with Gasteiger partial charge >= 0.3 is 0 Å². The van der Waals surface area contributed by atoms with E-state index in [1.807, 2.05) is 37.7 Å². The van der Waals surface area contributed by atoms with Crippen molar-refractivity contribution in [3.05, 3.63) is 41.4 Å². The number of hydrogen-bond acceptors (Lipinski definition) is 4. The highest BCUT2D eigenvalue weighted by molar-refractivity contribution is 5.93. The molecule has 21 heavy (non-hydrogen) atoms. The molecule has 0 radical (unpaired) electrons. The van der Waals surface area contributed by atoms with E-state index < -0.39 is 0 Å². The minimum absolute atomic E-state index is 0.0941. The molecule has 0 spiro atoms. The number of imidazole rings is 1. The van der Waals surface area contributed by atoms with Crippen molar-refractivity contribution < 1.29 is 13.9 Å². The predicted octanol–water partition coefficient (Wildman–Crippen LogP) is 1.89. The standard InChI is InChI=1S/C15H19N3O3/c1-9-8-10(2)21-12(9)15(19)17-11-4-7-20-13(11)14-16-5-6-18(14)3/h5-6,8,11,13H,4,7H2,1-3H3,(H,17,19)/t11-,13-/m0/s1. The van der Waals surface area contributed by atoms with Gasteiger partial charge < -0.3 is 19.0 Å². The van der Waals surface area contributed by atoms with E-state index in [1.54, 1.807) is 6.20 Å². The fourth-order valence-corrected chi connectivity index (χ4v) is 2.74. The van der Waals surface area contributed by atoms with Crippen LogP contribution in [0, 0.1) is 13.8 Å². The molecule has 1 aliphatic heterocycles. The van der Waals surface area contributed by atoms with Gasteiger partial charge in [0, 0.05) is 31.6 Å². The highest BCUT2D eigenvalue weighted by atomic mass is 16.5. The summed E-state index contributed by atoms with van der Waals surface area (Å²) in [6.45, 7) is 4.31. The molecule has 0 aromatic carbocycles. The fourth-order valence-electron chi connectivity index (χ4n) is 2.74. The van der Waals surface area contributed by atoms with Gasteiger partial charge in [0.15, 0.2) is 5.76 Å².